The molecule has 0 spiro atoms. The fourth-order valence-electron chi connectivity index (χ4n) is 3.09. The molecule has 1 N–H and O–H groups in total. The van der Waals surface area contributed by atoms with Crippen molar-refractivity contribution in [1.29, 1.82) is 5.26 Å². The Morgan fingerprint density at radius 1 is 1.23 bits per heavy atom. The Hall–Kier alpha value is -3.26. The second-order valence-electron chi connectivity index (χ2n) is 6.03. The highest BCUT2D eigenvalue weighted by Crippen LogP contribution is 2.26. The van der Waals surface area contributed by atoms with E-state index in [1.54, 1.807) is 24.3 Å². The van der Waals surface area contributed by atoms with Gasteiger partial charge < -0.3 is 5.32 Å². The predicted octanol–water partition coefficient (Wildman–Crippen LogP) is 4.05. The van der Waals surface area contributed by atoms with Gasteiger partial charge in [-0.25, -0.2) is 4.39 Å². The van der Waals surface area contributed by atoms with Crippen LogP contribution >= 0.6 is 0 Å². The molecule has 0 bridgehead atoms. The Balaban J connectivity index is 2.00. The van der Waals surface area contributed by atoms with Crippen LogP contribution in [0.1, 0.15) is 39.7 Å². The third-order valence-corrected chi connectivity index (χ3v) is 4.39. The number of nitrogens with one attached hydrogen (secondary N) is 1. The molecule has 0 aliphatic rings. The fourth-order valence-corrected chi connectivity index (χ4v) is 3.09. The van der Waals surface area contributed by atoms with Crippen molar-refractivity contribution < 1.29 is 9.18 Å². The Labute approximate surface area is 151 Å². The van der Waals surface area contributed by atoms with Crippen LogP contribution in [-0.2, 0) is 13.0 Å². The number of benzene rings is 2. The minimum absolute atomic E-state index is 0.245. The van der Waals surface area contributed by atoms with Crippen LogP contribution in [0.3, 0.4) is 0 Å². The highest BCUT2D eigenvalue weighted by Gasteiger charge is 2.19. The first-order valence-corrected chi connectivity index (χ1v) is 8.40. The Morgan fingerprint density at radius 2 is 1.96 bits per heavy atom. The van der Waals surface area contributed by atoms with Crippen molar-refractivity contribution in [1.82, 2.24) is 10.3 Å². The van der Waals surface area contributed by atoms with Gasteiger partial charge in [0.2, 0.25) is 0 Å². The van der Waals surface area contributed by atoms with E-state index in [2.05, 4.69) is 16.4 Å². The molecule has 1 aromatic heterocycles. The molecule has 26 heavy (non-hydrogen) atoms. The number of halogens is 1. The molecule has 1 amide bonds. The van der Waals surface area contributed by atoms with Crippen LogP contribution in [0, 0.1) is 24.1 Å². The Morgan fingerprint density at radius 3 is 2.62 bits per heavy atom. The van der Waals surface area contributed by atoms with Gasteiger partial charge in [0.1, 0.15) is 5.82 Å². The zero-order chi connectivity index (χ0) is 18.7. The van der Waals surface area contributed by atoms with Crippen LogP contribution in [0.5, 0.6) is 0 Å². The van der Waals surface area contributed by atoms with Gasteiger partial charge >= 0.3 is 0 Å². The molecule has 0 saturated heterocycles. The van der Waals surface area contributed by atoms with Crippen LogP contribution in [0.15, 0.2) is 42.5 Å². The standard InChI is InChI=1S/C21H18FN3O/c1-3-17-20(21(26)24-12-14-7-9-16(22)10-8-14)13(2)19-15(11-23)5-4-6-18(19)25-17/h4-10H,3,12H2,1-2H3,(H,24,26). The van der Waals surface area contributed by atoms with E-state index in [-0.39, 0.29) is 11.7 Å². The summed E-state index contributed by atoms with van der Waals surface area (Å²) in [5.74, 6) is -0.558. The first-order valence-electron chi connectivity index (χ1n) is 8.40. The van der Waals surface area contributed by atoms with Crippen LogP contribution in [-0.4, -0.2) is 10.9 Å². The summed E-state index contributed by atoms with van der Waals surface area (Å²) in [7, 11) is 0. The number of nitriles is 1. The summed E-state index contributed by atoms with van der Waals surface area (Å²) in [5.41, 5.74) is 3.98. The maximum atomic E-state index is 13.0. The van der Waals surface area contributed by atoms with E-state index in [9.17, 15) is 14.4 Å². The van der Waals surface area contributed by atoms with Gasteiger partial charge in [-0.3, -0.25) is 9.78 Å². The predicted molar refractivity (Wildman–Crippen MR) is 98.1 cm³/mol. The molecule has 0 aliphatic heterocycles. The average Bonchev–Trinajstić information content (AvgIpc) is 2.66. The number of carbonyl (C=O) groups excluding carboxylic acids is 1. The lowest BCUT2D eigenvalue weighted by atomic mass is 9.96. The van der Waals surface area contributed by atoms with E-state index in [1.165, 1.54) is 12.1 Å². The minimum Gasteiger partial charge on any atom is -0.348 e. The van der Waals surface area contributed by atoms with Crippen molar-refractivity contribution in [3.63, 3.8) is 0 Å². The van der Waals surface area contributed by atoms with Gasteiger partial charge in [-0.2, -0.15) is 5.26 Å². The summed E-state index contributed by atoms with van der Waals surface area (Å²) in [6, 6.07) is 13.5. The minimum atomic E-state index is -0.313. The third-order valence-electron chi connectivity index (χ3n) is 4.39. The second-order valence-corrected chi connectivity index (χ2v) is 6.03. The highest BCUT2D eigenvalue weighted by atomic mass is 19.1. The molecule has 0 saturated carbocycles. The van der Waals surface area contributed by atoms with Gasteiger partial charge in [0.15, 0.2) is 0 Å². The van der Waals surface area contributed by atoms with Crippen LogP contribution in [0.2, 0.25) is 0 Å². The number of aryl methyl sites for hydroxylation is 2. The summed E-state index contributed by atoms with van der Waals surface area (Å²) >= 11 is 0. The molecule has 0 aliphatic carbocycles. The van der Waals surface area contributed by atoms with E-state index in [0.29, 0.717) is 40.7 Å². The smallest absolute Gasteiger partial charge is 0.253 e. The van der Waals surface area contributed by atoms with Gasteiger partial charge in [0, 0.05) is 11.9 Å². The zero-order valence-corrected chi connectivity index (χ0v) is 14.6. The molecule has 1 heterocycles. The van der Waals surface area contributed by atoms with Crippen molar-refractivity contribution in [2.75, 3.05) is 0 Å². The normalized spacial score (nSPS) is 10.5. The van der Waals surface area contributed by atoms with E-state index in [4.69, 9.17) is 0 Å². The maximum absolute atomic E-state index is 13.0. The monoisotopic (exact) mass is 347 g/mol. The van der Waals surface area contributed by atoms with Gasteiger partial charge in [0.05, 0.1) is 28.4 Å². The molecule has 0 fully saturated rings. The lowest BCUT2D eigenvalue weighted by molar-refractivity contribution is 0.0949. The molecular formula is C21H18FN3O. The molecule has 3 aromatic rings. The van der Waals surface area contributed by atoms with Crippen molar-refractivity contribution in [3.8, 4) is 6.07 Å². The maximum Gasteiger partial charge on any atom is 0.253 e. The summed E-state index contributed by atoms with van der Waals surface area (Å²) in [6.07, 6.45) is 0.604. The lowest BCUT2D eigenvalue weighted by Crippen LogP contribution is -2.25. The van der Waals surface area contributed by atoms with E-state index >= 15 is 0 Å². The summed E-state index contributed by atoms with van der Waals surface area (Å²) in [6.45, 7) is 4.08. The fraction of sp³-hybridized carbons (Fsp3) is 0.190. The third kappa shape index (κ3) is 3.27. The molecule has 2 aromatic carbocycles. The van der Waals surface area contributed by atoms with Crippen LogP contribution in [0.25, 0.3) is 10.9 Å². The Kier molecular flexibility index (Phi) is 4.94. The van der Waals surface area contributed by atoms with Crippen LogP contribution < -0.4 is 5.32 Å². The number of carbonyl (C=O) groups is 1. The molecule has 0 unspecified atom stereocenters. The summed E-state index contributed by atoms with van der Waals surface area (Å²) in [4.78, 5) is 17.4. The number of aromatic nitrogens is 1. The Bertz CT molecular complexity index is 1020. The SMILES string of the molecule is CCc1nc2cccc(C#N)c2c(C)c1C(=O)NCc1ccc(F)cc1. The van der Waals surface area contributed by atoms with E-state index in [1.807, 2.05) is 19.9 Å². The molecular weight excluding hydrogens is 329 g/mol. The van der Waals surface area contributed by atoms with Crippen molar-refractivity contribution in [2.45, 2.75) is 26.8 Å². The molecule has 4 nitrogen and oxygen atoms in total. The molecule has 3 rings (SSSR count). The van der Waals surface area contributed by atoms with Crippen molar-refractivity contribution >= 4 is 16.8 Å². The van der Waals surface area contributed by atoms with E-state index in [0.717, 1.165) is 11.1 Å². The molecule has 130 valence electrons. The number of hydrogen-bond acceptors (Lipinski definition) is 3. The zero-order valence-electron chi connectivity index (χ0n) is 14.6. The molecule has 5 heteroatoms. The average molecular weight is 347 g/mol. The first-order chi connectivity index (χ1) is 12.5. The topological polar surface area (TPSA) is 65.8 Å². The van der Waals surface area contributed by atoms with Crippen molar-refractivity contribution in [2.24, 2.45) is 0 Å². The summed E-state index contributed by atoms with van der Waals surface area (Å²) in [5, 5.41) is 13.0. The van der Waals surface area contributed by atoms with Gasteiger partial charge in [0.25, 0.3) is 5.91 Å². The second kappa shape index (κ2) is 7.32. The number of fused-ring (bicyclic) bond motifs is 1. The number of nitrogens with zero attached hydrogens (tertiary/aromatic N) is 2. The number of rotatable bonds is 4. The summed E-state index contributed by atoms with van der Waals surface area (Å²) < 4.78 is 13.0. The number of pyridine rings is 1. The number of amides is 1. The molecule has 0 radical (unpaired) electrons. The first kappa shape index (κ1) is 17.6. The molecule has 0 atom stereocenters. The van der Waals surface area contributed by atoms with Crippen molar-refractivity contribution in [3.05, 3.63) is 76.2 Å². The highest BCUT2D eigenvalue weighted by molar-refractivity contribution is 6.02. The van der Waals surface area contributed by atoms with E-state index < -0.39 is 0 Å². The van der Waals surface area contributed by atoms with Gasteiger partial charge in [-0.15, -0.1) is 0 Å². The van der Waals surface area contributed by atoms with Gasteiger partial charge in [-0.05, 0) is 48.7 Å². The van der Waals surface area contributed by atoms with Gasteiger partial charge in [-0.1, -0.05) is 25.1 Å². The lowest BCUT2D eigenvalue weighted by Gasteiger charge is -2.15. The van der Waals surface area contributed by atoms with Crippen LogP contribution in [0.4, 0.5) is 4.39 Å². The largest absolute Gasteiger partial charge is 0.348 e. The quantitative estimate of drug-likeness (QED) is 0.774. The number of hydrogen-bond donors (Lipinski definition) is 1.